The highest BCUT2D eigenvalue weighted by atomic mass is 32.2. The molecule has 0 unspecified atom stereocenters. The van der Waals surface area contributed by atoms with E-state index in [2.05, 4.69) is 23.3 Å². The van der Waals surface area contributed by atoms with Crippen molar-refractivity contribution in [1.29, 1.82) is 0 Å². The predicted octanol–water partition coefficient (Wildman–Crippen LogP) is 14.4. The average molecular weight is 1660 g/mol. The Bertz CT molecular complexity index is 4780. The number of benzene rings is 4. The van der Waals surface area contributed by atoms with Gasteiger partial charge in [0.2, 0.25) is 55.4 Å². The van der Waals surface area contributed by atoms with Crippen LogP contribution in [-0.2, 0) is 67.9 Å². The van der Waals surface area contributed by atoms with Crippen LogP contribution in [0.25, 0.3) is 44.1 Å². The number of nitrogens with zero attached hydrogens (tertiary/aromatic N) is 4. The Labute approximate surface area is 693 Å². The number of allylic oxidation sites excluding steroid dienone is 4. The molecule has 4 aliphatic heterocycles. The Morgan fingerprint density at radius 1 is 0.500 bits per heavy atom. The fourth-order valence-electron chi connectivity index (χ4n) is 17.8. The van der Waals surface area contributed by atoms with Crippen LogP contribution in [0.2, 0.25) is 0 Å². The molecule has 4 aliphatic carbocycles. The van der Waals surface area contributed by atoms with E-state index in [1.807, 2.05) is 147 Å². The summed E-state index contributed by atoms with van der Waals surface area (Å²) in [6.45, 7) is 19.0. The number of nitrogens with one attached hydrogen (secondary N) is 2. The van der Waals surface area contributed by atoms with Crippen molar-refractivity contribution in [2.75, 3.05) is 27.3 Å². The summed E-state index contributed by atoms with van der Waals surface area (Å²) in [6.07, 6.45) is 13.0. The number of rotatable bonds is 18. The summed E-state index contributed by atoms with van der Waals surface area (Å²) in [6, 6.07) is 32.5. The maximum atomic E-state index is 15.0. The second-order valence-corrected chi connectivity index (χ2v) is 40.4. The van der Waals surface area contributed by atoms with Crippen LogP contribution < -0.4 is 28.4 Å². The lowest BCUT2D eigenvalue weighted by molar-refractivity contribution is -0.160. The molecule has 4 amide bonds. The van der Waals surface area contributed by atoms with Crippen molar-refractivity contribution in [3.8, 4) is 45.8 Å². The van der Waals surface area contributed by atoms with Gasteiger partial charge in [-0.05, 0) is 213 Å². The molecule has 14 rings (SSSR count). The number of esters is 2. The lowest BCUT2D eigenvalue weighted by atomic mass is 9.82. The van der Waals surface area contributed by atoms with E-state index in [1.54, 1.807) is 55.8 Å². The van der Waals surface area contributed by atoms with Crippen LogP contribution in [0.15, 0.2) is 133 Å². The van der Waals surface area contributed by atoms with Gasteiger partial charge in [0.1, 0.15) is 34.9 Å². The number of hydrogen-bond donors (Lipinski definition) is 2. The molecule has 2 saturated heterocycles. The van der Waals surface area contributed by atoms with Crippen molar-refractivity contribution < 1.29 is 83.6 Å². The minimum atomic E-state index is -3.87. The largest absolute Gasteiger partial charge is 0.497 e. The molecular formula is C92H114N6O18S2. The monoisotopic (exact) mass is 1650 g/mol. The number of ether oxygens (including phenoxy) is 6. The Balaban J connectivity index is 0.000000205. The van der Waals surface area contributed by atoms with E-state index in [9.17, 15) is 45.6 Å². The average Bonchev–Trinajstić information content (AvgIpc) is 1.57. The van der Waals surface area contributed by atoms with E-state index in [-0.39, 0.29) is 111 Å². The maximum absolute atomic E-state index is 15.0. The minimum absolute atomic E-state index is 0.0375. The van der Waals surface area contributed by atoms with Gasteiger partial charge in [-0.2, -0.15) is 0 Å². The molecule has 8 aliphatic rings. The lowest BCUT2D eigenvalue weighted by Crippen LogP contribution is -2.47. The zero-order valence-corrected chi connectivity index (χ0v) is 71.5. The van der Waals surface area contributed by atoms with E-state index in [0.29, 0.717) is 86.0 Å². The molecular weight excluding hydrogens is 1540 g/mol. The van der Waals surface area contributed by atoms with Gasteiger partial charge in [0, 0.05) is 47.6 Å². The summed E-state index contributed by atoms with van der Waals surface area (Å²) >= 11 is 0. The number of amides is 4. The number of aromatic nitrogens is 2. The highest BCUT2D eigenvalue weighted by Crippen LogP contribution is 2.59. The summed E-state index contributed by atoms with van der Waals surface area (Å²) < 4.78 is 92.6. The van der Waals surface area contributed by atoms with E-state index in [4.69, 9.17) is 38.4 Å². The molecule has 2 aromatic heterocycles. The van der Waals surface area contributed by atoms with E-state index >= 15 is 9.59 Å². The van der Waals surface area contributed by atoms with Crippen LogP contribution in [0.1, 0.15) is 185 Å². The number of methoxy groups -OCH3 is 2. The zero-order valence-electron chi connectivity index (χ0n) is 69.9. The molecule has 4 aromatic carbocycles. The quantitative estimate of drug-likeness (QED) is 0.0596. The highest BCUT2D eigenvalue weighted by Gasteiger charge is 2.64. The summed E-state index contributed by atoms with van der Waals surface area (Å²) in [5, 5.41) is 1.89. The summed E-state index contributed by atoms with van der Waals surface area (Å²) in [7, 11) is -4.54. The fraction of sp³-hybridized carbons (Fsp3) is 0.543. The maximum Gasteiger partial charge on any atom is 0.307 e. The van der Waals surface area contributed by atoms with E-state index in [1.165, 1.54) is 9.80 Å². The third-order valence-electron chi connectivity index (χ3n) is 24.6. The Morgan fingerprint density at radius 2 is 0.873 bits per heavy atom. The number of fused-ring (bicyclic) bond motifs is 6. The second kappa shape index (κ2) is 35.0. The summed E-state index contributed by atoms with van der Waals surface area (Å²) in [4.78, 5) is 127. The molecule has 0 radical (unpaired) electrons. The Morgan fingerprint density at radius 3 is 1.22 bits per heavy atom. The number of carbonyl (C=O) groups is 8. The highest BCUT2D eigenvalue weighted by molar-refractivity contribution is 7.91. The Kier molecular flexibility index (Phi) is 25.6. The van der Waals surface area contributed by atoms with Crippen LogP contribution in [-0.4, -0.2) is 157 Å². The van der Waals surface area contributed by atoms with Crippen molar-refractivity contribution >= 4 is 88.7 Å². The van der Waals surface area contributed by atoms with Crippen molar-refractivity contribution in [1.82, 2.24) is 29.2 Å². The predicted molar refractivity (Wildman–Crippen MR) is 448 cm³/mol. The lowest BCUT2D eigenvalue weighted by Gasteiger charge is -2.32. The van der Waals surface area contributed by atoms with Crippen LogP contribution >= 0.6 is 0 Å². The van der Waals surface area contributed by atoms with Gasteiger partial charge in [-0.3, -0.25) is 47.8 Å². The SMILES string of the molecule is COc1ccc2c(O[C@@H]3C[C@H]4C(=O)C[C@]5(C(=O)NS(=O)(=O)C6CC6)C[C@H]5/C=C\CC[C@@H](C)C[C@@H](C)[C@H](CC(=O)OC(C)(C)C)C(=O)N4C3)nc(-c3ccccc3)cc2c1.COc1ccc2c(O[C@@H]3C[C@H]4C(=O)C[C@]5(C(=O)NS(=O)(=O)C6CC6)C[C@H]5/C=C\CC[C@H](C)C[C@@H](C)[C@H](CC(=O)OC(C)(C)C)C(=O)N4C3)nc(-c3ccccc3)cc2c1. The molecule has 24 nitrogen and oxygen atoms in total. The number of ketones is 2. The number of sulfonamides is 2. The summed E-state index contributed by atoms with van der Waals surface area (Å²) in [5.41, 5.74) is -0.958. The number of pyridine rings is 2. The van der Waals surface area contributed by atoms with E-state index in [0.717, 1.165) is 58.4 Å². The third-order valence-corrected chi connectivity index (χ3v) is 28.3. The van der Waals surface area contributed by atoms with Crippen LogP contribution in [0.4, 0.5) is 0 Å². The molecule has 2 N–H and O–H groups in total. The smallest absolute Gasteiger partial charge is 0.307 e. The van der Waals surface area contributed by atoms with E-state index < -0.39 is 112 Å². The number of Topliss-reactive ketones (excluding diaryl/α,β-unsaturated/α-hetero) is 2. The van der Waals surface area contributed by atoms with Gasteiger partial charge >= 0.3 is 11.9 Å². The molecule has 4 saturated carbocycles. The number of carbonyl (C=O) groups excluding carboxylic acids is 8. The first kappa shape index (κ1) is 86.3. The van der Waals surface area contributed by atoms with Crippen LogP contribution in [0.3, 0.4) is 0 Å². The zero-order chi connectivity index (χ0) is 84.6. The first-order valence-corrected chi connectivity index (χ1v) is 45.0. The summed E-state index contributed by atoms with van der Waals surface area (Å²) in [5.74, 6) is -4.05. The first-order chi connectivity index (χ1) is 55.9. The van der Waals surface area contributed by atoms with Gasteiger partial charge in [-0.25, -0.2) is 26.8 Å². The molecule has 6 fully saturated rings. The molecule has 0 spiro atoms. The van der Waals surface area contributed by atoms with Gasteiger partial charge in [0.05, 0.1) is 96.8 Å². The Hall–Kier alpha value is -9.56. The van der Waals surface area contributed by atoms with Gasteiger partial charge in [-0.1, -0.05) is 113 Å². The number of hydrogen-bond acceptors (Lipinski definition) is 20. The van der Waals surface area contributed by atoms with Crippen molar-refractivity contribution in [3.63, 3.8) is 0 Å². The van der Waals surface area contributed by atoms with Crippen molar-refractivity contribution in [2.24, 2.45) is 58.2 Å². The van der Waals surface area contributed by atoms with Gasteiger partial charge in [0.15, 0.2) is 11.6 Å². The minimum Gasteiger partial charge on any atom is -0.497 e. The first-order valence-electron chi connectivity index (χ1n) is 41.9. The molecule has 118 heavy (non-hydrogen) atoms. The van der Waals surface area contributed by atoms with Crippen molar-refractivity contribution in [3.05, 3.63) is 133 Å². The molecule has 14 atom stereocenters. The van der Waals surface area contributed by atoms with Crippen LogP contribution in [0, 0.1) is 58.2 Å². The van der Waals surface area contributed by atoms with Gasteiger partial charge < -0.3 is 38.2 Å². The topological polar surface area (TPSA) is 317 Å². The normalized spacial score (nSPS) is 28.4. The molecule has 6 heterocycles. The molecule has 6 aromatic rings. The molecule has 0 bridgehead atoms. The third kappa shape index (κ3) is 20.5. The van der Waals surface area contributed by atoms with Crippen LogP contribution in [0.5, 0.6) is 23.3 Å². The second-order valence-electron chi connectivity index (χ2n) is 36.5. The fourth-order valence-corrected chi connectivity index (χ4v) is 20.5. The standard InChI is InChI=1S/2C46H57N3O9S/c2*1-28-12-10-11-15-32-25-46(32,44(53)48-59(54,55)35-17-18-35)26-40(50)39-23-34(27-49(39)43(52)37(29(2)20-28)24-41(51)58-45(3,4)5)57-42-36-19-16-33(56-6)21-31(36)22-38(47-42)30-13-8-7-9-14-30/h2*7-9,11,13-16,19,21-22,28-29,32,34-35,37,39H,10,12,17-18,20,23-27H2,1-6H3,(H,48,53)/b2*15-11-/t28-,29+,32+,34+,37-,39-,46+;28-,29-,32-,34-,37+,39+,46-/m01/s1. The van der Waals surface area contributed by atoms with Gasteiger partial charge in [0.25, 0.3) is 0 Å². The van der Waals surface area contributed by atoms with Crippen molar-refractivity contribution in [2.45, 2.75) is 231 Å². The molecule has 632 valence electrons. The van der Waals surface area contributed by atoms with Gasteiger partial charge in [-0.15, -0.1) is 0 Å². The molecule has 26 heteroatoms.